The van der Waals surface area contributed by atoms with Crippen molar-refractivity contribution in [3.63, 3.8) is 0 Å². The number of hydrogen-bond donors (Lipinski definition) is 2. The van der Waals surface area contributed by atoms with Gasteiger partial charge in [0.1, 0.15) is 0 Å². The highest BCUT2D eigenvalue weighted by molar-refractivity contribution is 9.10. The zero-order chi connectivity index (χ0) is 12.3. The Morgan fingerprint density at radius 2 is 2.12 bits per heavy atom. The van der Waals surface area contributed by atoms with Gasteiger partial charge in [-0.2, -0.15) is 0 Å². The number of hydrogen-bond acceptors (Lipinski definition) is 4. The molecule has 1 heterocycles. The predicted molar refractivity (Wildman–Crippen MR) is 75.4 cm³/mol. The Labute approximate surface area is 113 Å². The van der Waals surface area contributed by atoms with Crippen LogP contribution in [0.1, 0.15) is 6.92 Å². The van der Waals surface area contributed by atoms with Crippen LogP contribution in [-0.2, 0) is 0 Å². The second kappa shape index (κ2) is 5.62. The van der Waals surface area contributed by atoms with E-state index in [1.54, 1.807) is 11.3 Å². The molecule has 1 atom stereocenters. The molecule has 17 heavy (non-hydrogen) atoms. The summed E-state index contributed by atoms with van der Waals surface area (Å²) in [6.45, 7) is 2.02. The Morgan fingerprint density at radius 1 is 1.41 bits per heavy atom. The molecule has 1 unspecified atom stereocenters. The lowest BCUT2D eigenvalue weighted by Crippen LogP contribution is -2.18. The third kappa shape index (κ3) is 3.28. The molecule has 0 radical (unpaired) electrons. The highest BCUT2D eigenvalue weighted by Crippen LogP contribution is 2.26. The number of nitrogens with one attached hydrogen (secondary N) is 1. The predicted octanol–water partition coefficient (Wildman–Crippen LogP) is 3.37. The van der Waals surface area contributed by atoms with Crippen molar-refractivity contribution in [1.82, 2.24) is 4.98 Å². The van der Waals surface area contributed by atoms with Gasteiger partial charge >= 0.3 is 0 Å². The van der Waals surface area contributed by atoms with E-state index >= 15 is 0 Å². The second-order valence-corrected chi connectivity index (χ2v) is 5.55. The van der Waals surface area contributed by atoms with E-state index in [9.17, 15) is 0 Å². The molecule has 0 spiro atoms. The first-order chi connectivity index (χ1) is 8.19. The van der Waals surface area contributed by atoms with Gasteiger partial charge in [0.25, 0.3) is 0 Å². The van der Waals surface area contributed by atoms with E-state index < -0.39 is 0 Å². The summed E-state index contributed by atoms with van der Waals surface area (Å²) in [4.78, 5) is 4.48. The Balaban J connectivity index is 2.15. The van der Waals surface area contributed by atoms with Gasteiger partial charge < -0.3 is 10.4 Å². The zero-order valence-electron chi connectivity index (χ0n) is 9.35. The van der Waals surface area contributed by atoms with Crippen LogP contribution >= 0.6 is 27.3 Å². The summed E-state index contributed by atoms with van der Waals surface area (Å²) < 4.78 is 1.06. The minimum absolute atomic E-state index is 0.0268. The van der Waals surface area contributed by atoms with Gasteiger partial charge in [0.05, 0.1) is 12.3 Å². The molecule has 0 aliphatic heterocycles. The molecule has 90 valence electrons. The maximum absolute atomic E-state index is 8.96. The Bertz CT molecular complexity index is 484. The SMILES string of the molecule is CC(CO)Nc1nc(-c2ccc(Br)cc2)cs1. The van der Waals surface area contributed by atoms with Crippen molar-refractivity contribution >= 4 is 32.4 Å². The number of thiazole rings is 1. The number of aliphatic hydroxyl groups is 1. The molecular formula is C12H13BrN2OS. The molecule has 0 fully saturated rings. The summed E-state index contributed by atoms with van der Waals surface area (Å²) in [6.07, 6.45) is 0. The number of halogens is 1. The van der Waals surface area contributed by atoms with Gasteiger partial charge in [-0.3, -0.25) is 0 Å². The van der Waals surface area contributed by atoms with Gasteiger partial charge in [-0.25, -0.2) is 4.98 Å². The van der Waals surface area contributed by atoms with Crippen LogP contribution in [0.4, 0.5) is 5.13 Å². The van der Waals surface area contributed by atoms with E-state index in [1.807, 2.05) is 36.6 Å². The highest BCUT2D eigenvalue weighted by Gasteiger charge is 2.06. The van der Waals surface area contributed by atoms with Crippen molar-refractivity contribution in [1.29, 1.82) is 0 Å². The number of aliphatic hydroxyl groups excluding tert-OH is 1. The smallest absolute Gasteiger partial charge is 0.183 e. The van der Waals surface area contributed by atoms with Crippen LogP contribution in [-0.4, -0.2) is 22.7 Å². The summed E-state index contributed by atoms with van der Waals surface area (Å²) >= 11 is 4.95. The van der Waals surface area contributed by atoms with E-state index in [2.05, 4.69) is 26.2 Å². The summed E-state index contributed by atoms with van der Waals surface area (Å²) in [5.74, 6) is 0. The number of anilines is 1. The Hall–Kier alpha value is -0.910. The monoisotopic (exact) mass is 312 g/mol. The maximum Gasteiger partial charge on any atom is 0.183 e. The first-order valence-corrected chi connectivity index (χ1v) is 6.95. The largest absolute Gasteiger partial charge is 0.394 e. The molecule has 2 N–H and O–H groups in total. The second-order valence-electron chi connectivity index (χ2n) is 3.77. The fourth-order valence-corrected chi connectivity index (χ4v) is 2.45. The average molecular weight is 313 g/mol. The van der Waals surface area contributed by atoms with E-state index in [0.717, 1.165) is 20.9 Å². The normalized spacial score (nSPS) is 12.4. The number of aromatic nitrogens is 1. The van der Waals surface area contributed by atoms with Crippen LogP contribution in [0.25, 0.3) is 11.3 Å². The minimum atomic E-state index is 0.0268. The van der Waals surface area contributed by atoms with Gasteiger partial charge in [0.2, 0.25) is 0 Å². The van der Waals surface area contributed by atoms with Crippen LogP contribution in [0.15, 0.2) is 34.1 Å². The van der Waals surface area contributed by atoms with Crippen molar-refractivity contribution in [3.05, 3.63) is 34.1 Å². The van der Waals surface area contributed by atoms with E-state index in [0.29, 0.717) is 0 Å². The molecule has 0 aliphatic rings. The van der Waals surface area contributed by atoms with Crippen molar-refractivity contribution < 1.29 is 5.11 Å². The zero-order valence-corrected chi connectivity index (χ0v) is 11.8. The molecule has 2 rings (SSSR count). The minimum Gasteiger partial charge on any atom is -0.394 e. The lowest BCUT2D eigenvalue weighted by molar-refractivity contribution is 0.281. The van der Waals surface area contributed by atoms with Crippen molar-refractivity contribution in [2.45, 2.75) is 13.0 Å². The number of rotatable bonds is 4. The molecule has 3 nitrogen and oxygen atoms in total. The molecule has 2 aromatic rings. The molecule has 0 saturated heterocycles. The van der Waals surface area contributed by atoms with Gasteiger partial charge in [-0.15, -0.1) is 11.3 Å². The maximum atomic E-state index is 8.96. The summed E-state index contributed by atoms with van der Waals surface area (Å²) in [5.41, 5.74) is 2.05. The molecule has 0 amide bonds. The highest BCUT2D eigenvalue weighted by atomic mass is 79.9. The van der Waals surface area contributed by atoms with Gasteiger partial charge in [-0.05, 0) is 19.1 Å². The molecular weight excluding hydrogens is 300 g/mol. The first-order valence-electron chi connectivity index (χ1n) is 5.28. The fourth-order valence-electron chi connectivity index (χ4n) is 1.35. The van der Waals surface area contributed by atoms with Crippen LogP contribution in [0, 0.1) is 0 Å². The molecule has 5 heteroatoms. The molecule has 0 aliphatic carbocycles. The topological polar surface area (TPSA) is 45.1 Å². The van der Waals surface area contributed by atoms with Crippen LogP contribution < -0.4 is 5.32 Å². The molecule has 1 aromatic carbocycles. The van der Waals surface area contributed by atoms with Crippen molar-refractivity contribution in [2.24, 2.45) is 0 Å². The summed E-state index contributed by atoms with van der Waals surface area (Å²) in [7, 11) is 0. The summed E-state index contributed by atoms with van der Waals surface area (Å²) in [5, 5.41) is 14.9. The fraction of sp³-hybridized carbons (Fsp3) is 0.250. The van der Waals surface area contributed by atoms with Gasteiger partial charge in [0, 0.05) is 21.5 Å². The lowest BCUT2D eigenvalue weighted by atomic mass is 10.2. The third-order valence-electron chi connectivity index (χ3n) is 2.29. The van der Waals surface area contributed by atoms with Crippen molar-refractivity contribution in [3.8, 4) is 11.3 Å². The molecule has 0 saturated carbocycles. The molecule has 0 bridgehead atoms. The van der Waals surface area contributed by atoms with Gasteiger partial charge in [0.15, 0.2) is 5.13 Å². The Morgan fingerprint density at radius 3 is 2.76 bits per heavy atom. The standard InChI is InChI=1S/C12H13BrN2OS/c1-8(6-16)14-12-15-11(7-17-12)9-2-4-10(13)5-3-9/h2-5,7-8,16H,6H2,1H3,(H,14,15). The van der Waals surface area contributed by atoms with E-state index in [1.165, 1.54) is 0 Å². The van der Waals surface area contributed by atoms with E-state index in [4.69, 9.17) is 5.11 Å². The summed E-state index contributed by atoms with van der Waals surface area (Å²) in [6, 6.07) is 8.08. The van der Waals surface area contributed by atoms with Crippen LogP contribution in [0.2, 0.25) is 0 Å². The van der Waals surface area contributed by atoms with E-state index in [-0.39, 0.29) is 12.6 Å². The van der Waals surface area contributed by atoms with Crippen LogP contribution in [0.5, 0.6) is 0 Å². The average Bonchev–Trinajstić information content (AvgIpc) is 2.78. The first kappa shape index (κ1) is 12.5. The lowest BCUT2D eigenvalue weighted by Gasteiger charge is -2.07. The van der Waals surface area contributed by atoms with Gasteiger partial charge in [-0.1, -0.05) is 28.1 Å². The quantitative estimate of drug-likeness (QED) is 0.910. The Kier molecular flexibility index (Phi) is 4.15. The van der Waals surface area contributed by atoms with Crippen LogP contribution in [0.3, 0.4) is 0 Å². The molecule has 1 aromatic heterocycles. The third-order valence-corrected chi connectivity index (χ3v) is 3.59. The number of nitrogens with zero attached hydrogens (tertiary/aromatic N) is 1. The van der Waals surface area contributed by atoms with Crippen molar-refractivity contribution in [2.75, 3.05) is 11.9 Å². The number of benzene rings is 1.